The first-order valence-corrected chi connectivity index (χ1v) is 5.58. The summed E-state index contributed by atoms with van der Waals surface area (Å²) in [6.07, 6.45) is 0.860. The van der Waals surface area contributed by atoms with E-state index in [1.54, 1.807) is 7.11 Å². The summed E-state index contributed by atoms with van der Waals surface area (Å²) >= 11 is 0. The molecule has 0 aromatic rings. The lowest BCUT2D eigenvalue weighted by Gasteiger charge is -2.15. The van der Waals surface area contributed by atoms with E-state index >= 15 is 0 Å². The van der Waals surface area contributed by atoms with Crippen molar-refractivity contribution in [3.05, 3.63) is 0 Å². The topological polar surface area (TPSA) is 50.4 Å². The number of nitrogens with one attached hydrogen (secondary N) is 2. The van der Waals surface area contributed by atoms with Gasteiger partial charge in [-0.15, -0.1) is 0 Å². The molecule has 0 aliphatic rings. The third-order valence-electron chi connectivity index (χ3n) is 2.05. The molecular formula is C11H24N2O2. The van der Waals surface area contributed by atoms with E-state index < -0.39 is 0 Å². The van der Waals surface area contributed by atoms with Crippen LogP contribution in [-0.2, 0) is 9.53 Å². The molecule has 0 aliphatic heterocycles. The second kappa shape index (κ2) is 8.68. The molecule has 1 unspecified atom stereocenters. The van der Waals surface area contributed by atoms with Gasteiger partial charge in [0, 0.05) is 20.3 Å². The van der Waals surface area contributed by atoms with E-state index in [1.807, 2.05) is 6.92 Å². The summed E-state index contributed by atoms with van der Waals surface area (Å²) in [5.41, 5.74) is 0. The second-order valence-electron chi connectivity index (χ2n) is 4.16. The summed E-state index contributed by atoms with van der Waals surface area (Å²) in [5.74, 6) is 0.625. The Morgan fingerprint density at radius 3 is 2.53 bits per heavy atom. The fourth-order valence-corrected chi connectivity index (χ4v) is 1.09. The number of methoxy groups -OCH3 is 1. The van der Waals surface area contributed by atoms with Gasteiger partial charge in [0.1, 0.15) is 0 Å². The molecule has 4 nitrogen and oxygen atoms in total. The number of carbonyl (C=O) groups is 1. The summed E-state index contributed by atoms with van der Waals surface area (Å²) in [7, 11) is 1.66. The van der Waals surface area contributed by atoms with E-state index in [0.717, 1.165) is 13.0 Å². The summed E-state index contributed by atoms with van der Waals surface area (Å²) in [6, 6.07) is -0.116. The molecule has 1 amide bonds. The van der Waals surface area contributed by atoms with Gasteiger partial charge in [0.25, 0.3) is 0 Å². The van der Waals surface area contributed by atoms with Gasteiger partial charge in [-0.1, -0.05) is 13.8 Å². The van der Waals surface area contributed by atoms with E-state index in [1.165, 1.54) is 0 Å². The molecule has 90 valence electrons. The first-order chi connectivity index (χ1) is 7.07. The SMILES string of the molecule is COCCCNC(=O)C(C)NCC(C)C. The van der Waals surface area contributed by atoms with E-state index in [9.17, 15) is 4.79 Å². The predicted molar refractivity (Wildman–Crippen MR) is 61.8 cm³/mol. The molecule has 2 N–H and O–H groups in total. The highest BCUT2D eigenvalue weighted by molar-refractivity contribution is 5.81. The molecule has 15 heavy (non-hydrogen) atoms. The normalized spacial score (nSPS) is 12.9. The van der Waals surface area contributed by atoms with Crippen molar-refractivity contribution in [2.24, 2.45) is 5.92 Å². The second-order valence-corrected chi connectivity index (χ2v) is 4.16. The molecule has 0 saturated carbocycles. The minimum Gasteiger partial charge on any atom is -0.385 e. The highest BCUT2D eigenvalue weighted by atomic mass is 16.5. The van der Waals surface area contributed by atoms with Crippen molar-refractivity contribution in [1.82, 2.24) is 10.6 Å². The Morgan fingerprint density at radius 1 is 1.33 bits per heavy atom. The summed E-state index contributed by atoms with van der Waals surface area (Å²) in [4.78, 5) is 11.5. The molecule has 0 fully saturated rings. The molecular weight excluding hydrogens is 192 g/mol. The maximum absolute atomic E-state index is 11.5. The van der Waals surface area contributed by atoms with Crippen molar-refractivity contribution in [1.29, 1.82) is 0 Å². The maximum Gasteiger partial charge on any atom is 0.236 e. The zero-order valence-corrected chi connectivity index (χ0v) is 10.3. The van der Waals surface area contributed by atoms with Gasteiger partial charge in [0.05, 0.1) is 6.04 Å². The molecule has 0 aromatic heterocycles. The number of carbonyl (C=O) groups excluding carboxylic acids is 1. The Kier molecular flexibility index (Phi) is 8.33. The Hall–Kier alpha value is -0.610. The third kappa shape index (κ3) is 8.39. The van der Waals surface area contributed by atoms with Crippen LogP contribution in [0.15, 0.2) is 0 Å². The van der Waals surface area contributed by atoms with E-state index in [0.29, 0.717) is 19.1 Å². The number of ether oxygens (including phenoxy) is 1. The van der Waals surface area contributed by atoms with E-state index in [-0.39, 0.29) is 11.9 Å². The standard InChI is InChI=1S/C11H24N2O2/c1-9(2)8-13-10(3)11(14)12-6-5-7-15-4/h9-10,13H,5-8H2,1-4H3,(H,12,14). The number of hydrogen-bond donors (Lipinski definition) is 2. The zero-order chi connectivity index (χ0) is 11.7. The first kappa shape index (κ1) is 14.4. The zero-order valence-electron chi connectivity index (χ0n) is 10.3. The van der Waals surface area contributed by atoms with Crippen LogP contribution in [0.1, 0.15) is 27.2 Å². The highest BCUT2D eigenvalue weighted by Crippen LogP contribution is 1.90. The average Bonchev–Trinajstić information content (AvgIpc) is 2.20. The molecule has 0 spiro atoms. The molecule has 1 atom stereocenters. The van der Waals surface area contributed by atoms with Crippen LogP contribution in [0.25, 0.3) is 0 Å². The smallest absolute Gasteiger partial charge is 0.236 e. The van der Waals surface area contributed by atoms with Crippen molar-refractivity contribution in [3.8, 4) is 0 Å². The molecule has 0 aromatic carbocycles. The maximum atomic E-state index is 11.5. The summed E-state index contributed by atoms with van der Waals surface area (Å²) < 4.78 is 4.90. The van der Waals surface area contributed by atoms with Gasteiger partial charge in [-0.05, 0) is 25.8 Å². The molecule has 0 bridgehead atoms. The van der Waals surface area contributed by atoms with Gasteiger partial charge in [0.15, 0.2) is 0 Å². The van der Waals surface area contributed by atoms with Crippen LogP contribution < -0.4 is 10.6 Å². The monoisotopic (exact) mass is 216 g/mol. The number of rotatable bonds is 8. The van der Waals surface area contributed by atoms with Crippen LogP contribution in [0.2, 0.25) is 0 Å². The Labute approximate surface area is 92.8 Å². The minimum atomic E-state index is -0.116. The van der Waals surface area contributed by atoms with Crippen molar-refractivity contribution in [2.75, 3.05) is 26.8 Å². The highest BCUT2D eigenvalue weighted by Gasteiger charge is 2.11. The predicted octanol–water partition coefficient (Wildman–Crippen LogP) is 0.773. The van der Waals surface area contributed by atoms with Gasteiger partial charge >= 0.3 is 0 Å². The van der Waals surface area contributed by atoms with Crippen LogP contribution >= 0.6 is 0 Å². The minimum absolute atomic E-state index is 0.0618. The van der Waals surface area contributed by atoms with E-state index in [2.05, 4.69) is 24.5 Å². The number of hydrogen-bond acceptors (Lipinski definition) is 3. The quantitative estimate of drug-likeness (QED) is 0.589. The first-order valence-electron chi connectivity index (χ1n) is 5.58. The van der Waals surface area contributed by atoms with Crippen LogP contribution in [0.5, 0.6) is 0 Å². The summed E-state index contributed by atoms with van der Waals surface area (Å²) in [6.45, 7) is 8.36. The van der Waals surface area contributed by atoms with Crippen molar-refractivity contribution in [3.63, 3.8) is 0 Å². The molecule has 0 saturated heterocycles. The van der Waals surface area contributed by atoms with Crippen molar-refractivity contribution >= 4 is 5.91 Å². The molecule has 0 rings (SSSR count). The Balaban J connectivity index is 3.51. The lowest BCUT2D eigenvalue weighted by Crippen LogP contribution is -2.43. The molecule has 4 heteroatoms. The van der Waals surface area contributed by atoms with Gasteiger partial charge < -0.3 is 15.4 Å². The van der Waals surface area contributed by atoms with Gasteiger partial charge in [-0.2, -0.15) is 0 Å². The van der Waals surface area contributed by atoms with Gasteiger partial charge in [-0.25, -0.2) is 0 Å². The fourth-order valence-electron chi connectivity index (χ4n) is 1.09. The van der Waals surface area contributed by atoms with E-state index in [4.69, 9.17) is 4.74 Å². The van der Waals surface area contributed by atoms with Gasteiger partial charge in [0.2, 0.25) is 5.91 Å². The lowest BCUT2D eigenvalue weighted by atomic mass is 10.2. The Morgan fingerprint density at radius 2 is 2.00 bits per heavy atom. The Bertz CT molecular complexity index is 172. The molecule has 0 aliphatic carbocycles. The lowest BCUT2D eigenvalue weighted by molar-refractivity contribution is -0.122. The summed E-state index contributed by atoms with van der Waals surface area (Å²) in [5, 5.41) is 6.04. The van der Waals surface area contributed by atoms with Crippen molar-refractivity contribution < 1.29 is 9.53 Å². The average molecular weight is 216 g/mol. The van der Waals surface area contributed by atoms with Crippen molar-refractivity contribution in [2.45, 2.75) is 33.2 Å². The van der Waals surface area contributed by atoms with Crippen LogP contribution in [0.4, 0.5) is 0 Å². The van der Waals surface area contributed by atoms with Gasteiger partial charge in [-0.3, -0.25) is 4.79 Å². The number of amides is 1. The molecule has 0 heterocycles. The van der Waals surface area contributed by atoms with Crippen LogP contribution in [-0.4, -0.2) is 38.8 Å². The van der Waals surface area contributed by atoms with Crippen LogP contribution in [0, 0.1) is 5.92 Å². The third-order valence-corrected chi connectivity index (χ3v) is 2.05. The largest absolute Gasteiger partial charge is 0.385 e. The fraction of sp³-hybridized carbons (Fsp3) is 0.909. The van der Waals surface area contributed by atoms with Crippen LogP contribution in [0.3, 0.4) is 0 Å². The molecule has 0 radical (unpaired) electrons.